The lowest BCUT2D eigenvalue weighted by molar-refractivity contribution is -0.384. The summed E-state index contributed by atoms with van der Waals surface area (Å²) in [5.41, 5.74) is 16.4. The number of aldehydes is 1. The fourth-order valence-corrected chi connectivity index (χ4v) is 3.29. The molecule has 0 amide bonds. The Morgan fingerprint density at radius 3 is 1.47 bits per heavy atom. The van der Waals surface area contributed by atoms with Crippen molar-refractivity contribution in [3.63, 3.8) is 0 Å². The minimum absolute atomic E-state index is 0.0166. The molecule has 0 saturated heterocycles. The number of unbranched alkanes of at least 4 members (excludes halogenated alkanes) is 3. The van der Waals surface area contributed by atoms with E-state index in [0.717, 1.165) is 5.69 Å². The van der Waals surface area contributed by atoms with Gasteiger partial charge < -0.3 is 20.3 Å². The second-order valence-electron chi connectivity index (χ2n) is 10.1. The van der Waals surface area contributed by atoms with Crippen LogP contribution in [0.4, 0.5) is 28.4 Å². The van der Waals surface area contributed by atoms with Crippen LogP contribution in [0.2, 0.25) is 0 Å². The van der Waals surface area contributed by atoms with Crippen LogP contribution in [0.5, 0.6) is 11.5 Å². The van der Waals surface area contributed by atoms with Crippen LogP contribution in [-0.4, -0.2) is 31.2 Å². The first kappa shape index (κ1) is 46.1. The normalized spacial score (nSPS) is 9.35. The number of ketones is 1. The Hall–Kier alpha value is -5.06. The van der Waals surface area contributed by atoms with Crippen molar-refractivity contribution in [2.45, 2.75) is 93.9 Å². The molecule has 11 heteroatoms. The van der Waals surface area contributed by atoms with Gasteiger partial charge in [-0.15, -0.1) is 0 Å². The number of carbonyl (C=O) groups is 2. The maximum absolute atomic E-state index is 10.8. The highest BCUT2D eigenvalue weighted by atomic mass is 16.6. The lowest BCUT2D eigenvalue weighted by Crippen LogP contribution is -2.12. The van der Waals surface area contributed by atoms with Crippen LogP contribution < -0.4 is 31.2 Å². The number of nitrogens with zero attached hydrogens (tertiary/aromatic N) is 1. The van der Waals surface area contributed by atoms with Crippen LogP contribution in [0.1, 0.15) is 92.6 Å². The zero-order valence-electron chi connectivity index (χ0n) is 31.1. The number of rotatable bonds is 15. The van der Waals surface area contributed by atoms with Crippen molar-refractivity contribution in [3.05, 3.63) is 88.5 Å². The molecule has 0 aromatic heterocycles. The number of nitro groups is 1. The van der Waals surface area contributed by atoms with E-state index in [1.165, 1.54) is 62.0 Å². The molecule has 49 heavy (non-hydrogen) atoms. The van der Waals surface area contributed by atoms with Crippen molar-refractivity contribution >= 4 is 40.5 Å². The van der Waals surface area contributed by atoms with Gasteiger partial charge in [-0.25, -0.2) is 0 Å². The summed E-state index contributed by atoms with van der Waals surface area (Å²) in [5.74, 6) is 1.14. The van der Waals surface area contributed by atoms with Gasteiger partial charge in [0, 0.05) is 30.7 Å². The molecule has 0 spiro atoms. The monoisotopic (exact) mass is 681 g/mol. The van der Waals surface area contributed by atoms with Crippen molar-refractivity contribution in [2.75, 3.05) is 35.9 Å². The number of hydrogen-bond acceptors (Lipinski definition) is 10. The Labute approximate surface area is 294 Å². The van der Waals surface area contributed by atoms with Gasteiger partial charge in [-0.05, 0) is 43.3 Å². The predicted molar refractivity (Wildman–Crippen MR) is 206 cm³/mol. The Morgan fingerprint density at radius 2 is 1.16 bits per heavy atom. The summed E-state index contributed by atoms with van der Waals surface area (Å²) in [6.45, 7) is 16.6. The van der Waals surface area contributed by atoms with Crippen LogP contribution in [-0.2, 0) is 9.59 Å². The fourth-order valence-electron chi connectivity index (χ4n) is 3.29. The minimum atomic E-state index is -0.443. The van der Waals surface area contributed by atoms with Gasteiger partial charge in [0.25, 0.3) is 5.69 Å². The number of methoxy groups -OCH3 is 2. The van der Waals surface area contributed by atoms with Gasteiger partial charge in [0.2, 0.25) is 0 Å². The second kappa shape index (κ2) is 30.3. The van der Waals surface area contributed by atoms with Crippen molar-refractivity contribution in [1.82, 2.24) is 0 Å². The van der Waals surface area contributed by atoms with Crippen molar-refractivity contribution in [3.8, 4) is 11.5 Å². The molecule has 3 aromatic rings. The molecule has 3 rings (SSSR count). The van der Waals surface area contributed by atoms with E-state index >= 15 is 0 Å². The van der Waals surface area contributed by atoms with E-state index in [2.05, 4.69) is 49.4 Å². The molecular weight excluding hydrogens is 622 g/mol. The van der Waals surface area contributed by atoms with Crippen LogP contribution in [0.15, 0.2) is 72.8 Å². The van der Waals surface area contributed by atoms with E-state index in [0.29, 0.717) is 41.3 Å². The summed E-state index contributed by atoms with van der Waals surface area (Å²) in [7, 11) is 3.14. The summed E-state index contributed by atoms with van der Waals surface area (Å²) < 4.78 is 11.0. The largest absolute Gasteiger partial charge is 0.494 e. The van der Waals surface area contributed by atoms with E-state index < -0.39 is 4.92 Å². The maximum Gasteiger partial charge on any atom is 0.269 e. The Morgan fingerprint density at radius 1 is 0.735 bits per heavy atom. The highest BCUT2D eigenvalue weighted by Gasteiger charge is 2.12. The number of anilines is 4. The SMILES string of the molecule is CC.CCC(=O)/C=C\C=O.CCCC.CCCCC.COc1cc(NNc2ccc([N+](=O)[O-])cc2)c(OC)cc1NNc1ccc(C)cc1. The second-order valence-corrected chi connectivity index (χ2v) is 10.1. The van der Waals surface area contributed by atoms with Gasteiger partial charge in [-0.3, -0.25) is 30.6 Å². The molecule has 0 aliphatic heterocycles. The van der Waals surface area contributed by atoms with E-state index in [4.69, 9.17) is 9.47 Å². The number of benzene rings is 3. The first-order chi connectivity index (χ1) is 23.6. The van der Waals surface area contributed by atoms with E-state index in [1.54, 1.807) is 45.4 Å². The predicted octanol–water partition coefficient (Wildman–Crippen LogP) is 10.5. The molecule has 0 bridgehead atoms. The number of ether oxygens (including phenoxy) is 2. The molecule has 3 aromatic carbocycles. The summed E-state index contributed by atoms with van der Waals surface area (Å²) in [4.78, 5) is 30.2. The third-order valence-electron chi connectivity index (χ3n) is 6.25. The molecule has 0 aliphatic rings. The lowest BCUT2D eigenvalue weighted by Gasteiger charge is -2.18. The number of hydrazine groups is 2. The number of carbonyl (C=O) groups excluding carboxylic acids is 2. The molecule has 0 saturated carbocycles. The van der Waals surface area contributed by atoms with E-state index in [-0.39, 0.29) is 11.5 Å². The molecule has 11 nitrogen and oxygen atoms in total. The molecule has 0 atom stereocenters. The van der Waals surface area contributed by atoms with Crippen LogP contribution in [0.25, 0.3) is 0 Å². The molecule has 0 unspecified atom stereocenters. The van der Waals surface area contributed by atoms with Crippen LogP contribution in [0, 0.1) is 17.0 Å². The third-order valence-corrected chi connectivity index (χ3v) is 6.25. The van der Waals surface area contributed by atoms with Crippen molar-refractivity contribution < 1.29 is 24.0 Å². The topological polar surface area (TPSA) is 144 Å². The minimum Gasteiger partial charge on any atom is -0.494 e. The number of nitrogens with one attached hydrogen (secondary N) is 4. The van der Waals surface area contributed by atoms with Gasteiger partial charge >= 0.3 is 0 Å². The number of non-ortho nitro benzene ring substituents is 1. The molecular formula is C38H59N5O6. The summed E-state index contributed by atoms with van der Waals surface area (Å²) >= 11 is 0. The molecule has 0 heterocycles. The molecule has 0 fully saturated rings. The standard InChI is InChI=1S/C21H23N5O4.C6H8O2.C5H12.C4H10.C2H6/c1-14-4-6-15(7-5-14)22-24-18-12-21(30-3)19(13-20(18)29-2)25-23-16-8-10-17(11-9-16)26(27)28;1-2-6(8)4-3-5-7;1-3-5-4-2;1-3-4-2;1-2/h4-13,22-25H,1-3H3;3-5H,2H2,1H3;3-5H2,1-2H3;3-4H2,1-2H3;1-2H3/b;4-3-;;;. The highest BCUT2D eigenvalue weighted by Crippen LogP contribution is 2.36. The first-order valence-electron chi connectivity index (χ1n) is 16.9. The summed E-state index contributed by atoms with van der Waals surface area (Å²) in [6.07, 6.45) is 10.2. The van der Waals surface area contributed by atoms with Crippen LogP contribution in [0.3, 0.4) is 0 Å². The smallest absolute Gasteiger partial charge is 0.269 e. The number of nitro benzene ring substituents is 1. The van der Waals surface area contributed by atoms with E-state index in [9.17, 15) is 19.7 Å². The number of allylic oxidation sites excluding steroid dienone is 2. The van der Waals surface area contributed by atoms with Crippen LogP contribution >= 0.6 is 0 Å². The van der Waals surface area contributed by atoms with Gasteiger partial charge in [0.1, 0.15) is 17.8 Å². The average Bonchev–Trinajstić information content (AvgIpc) is 3.14. The first-order valence-corrected chi connectivity index (χ1v) is 16.9. The zero-order valence-corrected chi connectivity index (χ0v) is 31.1. The molecule has 272 valence electrons. The van der Waals surface area contributed by atoms with Gasteiger partial charge in [0.05, 0.1) is 41.9 Å². The lowest BCUT2D eigenvalue weighted by atomic mass is 10.2. The Kier molecular flexibility index (Phi) is 28.5. The van der Waals surface area contributed by atoms with Crippen molar-refractivity contribution in [2.24, 2.45) is 0 Å². The average molecular weight is 682 g/mol. The Balaban J connectivity index is 0. The van der Waals surface area contributed by atoms with Gasteiger partial charge in [-0.2, -0.15) is 0 Å². The van der Waals surface area contributed by atoms with Gasteiger partial charge in [-0.1, -0.05) is 98.3 Å². The van der Waals surface area contributed by atoms with Crippen molar-refractivity contribution in [1.29, 1.82) is 0 Å². The summed E-state index contributed by atoms with van der Waals surface area (Å²) in [5, 5.41) is 10.8. The Bertz CT molecular complexity index is 1330. The molecule has 4 N–H and O–H groups in total. The maximum atomic E-state index is 10.8. The highest BCUT2D eigenvalue weighted by molar-refractivity contribution is 5.92. The molecule has 0 radical (unpaired) electrons. The molecule has 0 aliphatic carbocycles. The zero-order chi connectivity index (χ0) is 37.5. The van der Waals surface area contributed by atoms with Gasteiger partial charge in [0.15, 0.2) is 5.78 Å². The third kappa shape index (κ3) is 21.4. The number of aryl methyl sites for hydroxylation is 1. The van der Waals surface area contributed by atoms with E-state index in [1.807, 2.05) is 45.0 Å². The quantitative estimate of drug-likeness (QED) is 0.0529. The fraction of sp³-hybridized carbons (Fsp3) is 0.421. The summed E-state index contributed by atoms with van der Waals surface area (Å²) in [6, 6.07) is 17.6. The number of hydrogen-bond donors (Lipinski definition) is 4.